The molecule has 1 N–H and O–H groups in total. The summed E-state index contributed by atoms with van der Waals surface area (Å²) in [6.45, 7) is 1.84. The van der Waals surface area contributed by atoms with E-state index in [1.807, 2.05) is 24.3 Å². The lowest BCUT2D eigenvalue weighted by atomic mass is 10.1. The smallest absolute Gasteiger partial charge is 0.306 e. The minimum atomic E-state index is -0.948. The van der Waals surface area contributed by atoms with E-state index in [9.17, 15) is 14.4 Å². The van der Waals surface area contributed by atoms with Crippen molar-refractivity contribution in [2.75, 3.05) is 33.4 Å². The Kier molecular flexibility index (Phi) is 5.95. The molecular weight excluding hydrogens is 352 g/mol. The van der Waals surface area contributed by atoms with Gasteiger partial charge in [0.2, 0.25) is 11.8 Å². The van der Waals surface area contributed by atoms with Crippen molar-refractivity contribution in [3.05, 3.63) is 29.8 Å². The molecule has 8 nitrogen and oxygen atoms in total. The highest BCUT2D eigenvalue weighted by molar-refractivity contribution is 5.89. The molecule has 2 aliphatic heterocycles. The fraction of sp³-hybridized carbons (Fsp3) is 0.526. The van der Waals surface area contributed by atoms with Crippen LogP contribution in [0.15, 0.2) is 24.3 Å². The number of carbonyl (C=O) groups excluding carboxylic acids is 2. The van der Waals surface area contributed by atoms with E-state index in [4.69, 9.17) is 14.6 Å². The molecule has 2 atom stereocenters. The van der Waals surface area contributed by atoms with Gasteiger partial charge in [-0.05, 0) is 17.7 Å². The summed E-state index contributed by atoms with van der Waals surface area (Å²) in [5.74, 6) is -0.725. The highest BCUT2D eigenvalue weighted by Crippen LogP contribution is 2.24. The van der Waals surface area contributed by atoms with Crippen molar-refractivity contribution < 1.29 is 29.0 Å². The average Bonchev–Trinajstić information content (AvgIpc) is 3.02. The number of carboxylic acids is 1. The molecule has 2 fully saturated rings. The maximum Gasteiger partial charge on any atom is 0.306 e. The first-order valence-corrected chi connectivity index (χ1v) is 8.99. The fourth-order valence-electron chi connectivity index (χ4n) is 3.54. The van der Waals surface area contributed by atoms with Crippen LogP contribution in [-0.4, -0.2) is 72.1 Å². The molecule has 1 aromatic rings. The van der Waals surface area contributed by atoms with Crippen molar-refractivity contribution in [3.63, 3.8) is 0 Å². The second-order valence-electron chi connectivity index (χ2n) is 6.90. The number of hydrogen-bond donors (Lipinski definition) is 1. The third-order valence-electron chi connectivity index (χ3n) is 4.95. The number of benzene rings is 1. The summed E-state index contributed by atoms with van der Waals surface area (Å²) in [6.07, 6.45) is -0.430. The third-order valence-corrected chi connectivity index (χ3v) is 4.95. The highest BCUT2D eigenvalue weighted by Gasteiger charge is 2.38. The first-order chi connectivity index (χ1) is 13.0. The van der Waals surface area contributed by atoms with Crippen molar-refractivity contribution in [3.8, 4) is 5.75 Å². The number of aliphatic carboxylic acids is 1. The van der Waals surface area contributed by atoms with E-state index in [0.717, 1.165) is 11.3 Å². The molecule has 0 aliphatic carbocycles. The number of ether oxygens (including phenoxy) is 2. The summed E-state index contributed by atoms with van der Waals surface area (Å²) >= 11 is 0. The van der Waals surface area contributed by atoms with Gasteiger partial charge in [-0.2, -0.15) is 0 Å². The molecule has 0 unspecified atom stereocenters. The number of nitrogens with zero attached hydrogens (tertiary/aromatic N) is 2. The van der Waals surface area contributed by atoms with Gasteiger partial charge >= 0.3 is 5.97 Å². The molecule has 2 heterocycles. The lowest BCUT2D eigenvalue weighted by Crippen LogP contribution is -2.48. The summed E-state index contributed by atoms with van der Waals surface area (Å²) in [6, 6.07) is 7.49. The van der Waals surface area contributed by atoms with E-state index in [2.05, 4.69) is 0 Å². The molecule has 3 rings (SSSR count). The van der Waals surface area contributed by atoms with Crippen LogP contribution in [0.2, 0.25) is 0 Å². The van der Waals surface area contributed by atoms with E-state index in [1.165, 1.54) is 0 Å². The van der Waals surface area contributed by atoms with Gasteiger partial charge in [-0.15, -0.1) is 0 Å². The Morgan fingerprint density at radius 1 is 1.26 bits per heavy atom. The Bertz CT molecular complexity index is 705. The molecule has 1 aromatic carbocycles. The molecule has 8 heteroatoms. The second kappa shape index (κ2) is 8.39. The van der Waals surface area contributed by atoms with Crippen LogP contribution >= 0.6 is 0 Å². The summed E-state index contributed by atoms with van der Waals surface area (Å²) < 4.78 is 10.5. The number of morpholine rings is 1. The maximum atomic E-state index is 12.8. The van der Waals surface area contributed by atoms with E-state index < -0.39 is 12.1 Å². The van der Waals surface area contributed by atoms with Crippen LogP contribution in [0, 0.1) is 5.92 Å². The number of carbonyl (C=O) groups is 3. The third kappa shape index (κ3) is 4.77. The Labute approximate surface area is 157 Å². The zero-order valence-corrected chi connectivity index (χ0v) is 15.3. The van der Waals surface area contributed by atoms with Crippen LogP contribution in [-0.2, 0) is 25.7 Å². The Morgan fingerprint density at radius 3 is 2.67 bits per heavy atom. The molecule has 146 valence electrons. The Hall–Kier alpha value is -2.61. The topological polar surface area (TPSA) is 96.4 Å². The molecular formula is C19H24N2O6. The van der Waals surface area contributed by atoms with Gasteiger partial charge in [0, 0.05) is 32.6 Å². The Morgan fingerprint density at radius 2 is 2.00 bits per heavy atom. The first kappa shape index (κ1) is 19.2. The second-order valence-corrected chi connectivity index (χ2v) is 6.90. The minimum absolute atomic E-state index is 0.0421. The number of likely N-dealkylation sites (tertiary alicyclic amines) is 1. The van der Waals surface area contributed by atoms with Crippen LogP contribution in [0.5, 0.6) is 5.75 Å². The number of methoxy groups -OCH3 is 1. The molecule has 2 amide bonds. The molecule has 0 radical (unpaired) electrons. The van der Waals surface area contributed by atoms with Crippen LogP contribution in [0.4, 0.5) is 0 Å². The van der Waals surface area contributed by atoms with Gasteiger partial charge in [0.05, 0.1) is 32.2 Å². The van der Waals surface area contributed by atoms with Crippen molar-refractivity contribution in [1.82, 2.24) is 9.80 Å². The van der Waals surface area contributed by atoms with E-state index >= 15 is 0 Å². The summed E-state index contributed by atoms with van der Waals surface area (Å²) in [7, 11) is 1.60. The molecule has 2 saturated heterocycles. The quantitative estimate of drug-likeness (QED) is 0.787. The van der Waals surface area contributed by atoms with Gasteiger partial charge < -0.3 is 24.4 Å². The summed E-state index contributed by atoms with van der Waals surface area (Å²) in [5.41, 5.74) is 0.977. The van der Waals surface area contributed by atoms with Crippen molar-refractivity contribution in [1.29, 1.82) is 0 Å². The van der Waals surface area contributed by atoms with Crippen molar-refractivity contribution >= 4 is 17.8 Å². The highest BCUT2D eigenvalue weighted by atomic mass is 16.5. The van der Waals surface area contributed by atoms with Gasteiger partial charge in [-0.1, -0.05) is 12.1 Å². The van der Waals surface area contributed by atoms with E-state index in [0.29, 0.717) is 26.2 Å². The van der Waals surface area contributed by atoms with Crippen LogP contribution in [0.1, 0.15) is 18.4 Å². The van der Waals surface area contributed by atoms with Crippen LogP contribution in [0.25, 0.3) is 0 Å². The summed E-state index contributed by atoms with van der Waals surface area (Å²) in [4.78, 5) is 39.3. The van der Waals surface area contributed by atoms with Crippen molar-refractivity contribution in [2.24, 2.45) is 5.92 Å². The van der Waals surface area contributed by atoms with Crippen molar-refractivity contribution in [2.45, 2.75) is 25.5 Å². The maximum absolute atomic E-state index is 12.8. The number of amides is 2. The summed E-state index contributed by atoms with van der Waals surface area (Å²) in [5, 5.41) is 8.90. The fourth-order valence-corrected chi connectivity index (χ4v) is 3.54. The zero-order valence-electron chi connectivity index (χ0n) is 15.3. The van der Waals surface area contributed by atoms with Gasteiger partial charge in [0.25, 0.3) is 0 Å². The number of rotatable bonds is 6. The van der Waals surface area contributed by atoms with Gasteiger partial charge in [-0.3, -0.25) is 14.4 Å². The molecule has 0 bridgehead atoms. The molecule has 2 aliphatic rings. The van der Waals surface area contributed by atoms with Gasteiger partial charge in [0.1, 0.15) is 5.75 Å². The largest absolute Gasteiger partial charge is 0.497 e. The standard InChI is InChI=1S/C19H24N2O6/c1-26-15-4-2-13(3-5-15)10-21-11-14(8-17(21)22)19(25)20-6-7-27-16(12-20)9-18(23)24/h2-5,14,16H,6-12H2,1H3,(H,23,24)/t14-,16+/m1/s1. The SMILES string of the molecule is COc1ccc(CN2C[C@H](C(=O)N3CCO[C@@H](CC(=O)O)C3)CC2=O)cc1. The predicted molar refractivity (Wildman–Crippen MR) is 95.1 cm³/mol. The average molecular weight is 376 g/mol. The molecule has 27 heavy (non-hydrogen) atoms. The van der Waals surface area contributed by atoms with E-state index in [1.54, 1.807) is 16.9 Å². The zero-order chi connectivity index (χ0) is 19.4. The van der Waals surface area contributed by atoms with Crippen LogP contribution < -0.4 is 4.74 Å². The monoisotopic (exact) mass is 376 g/mol. The number of hydrogen-bond acceptors (Lipinski definition) is 5. The van der Waals surface area contributed by atoms with E-state index in [-0.39, 0.29) is 37.1 Å². The molecule has 0 saturated carbocycles. The molecule has 0 aromatic heterocycles. The Balaban J connectivity index is 1.57. The minimum Gasteiger partial charge on any atom is -0.497 e. The number of carboxylic acid groups (broad SMARTS) is 1. The molecule has 0 spiro atoms. The first-order valence-electron chi connectivity index (χ1n) is 8.99. The predicted octanol–water partition coefficient (Wildman–Crippen LogP) is 0.746. The van der Waals surface area contributed by atoms with Gasteiger partial charge in [-0.25, -0.2) is 0 Å². The normalized spacial score (nSPS) is 22.8. The van der Waals surface area contributed by atoms with Crippen LogP contribution in [0.3, 0.4) is 0 Å². The van der Waals surface area contributed by atoms with Gasteiger partial charge in [0.15, 0.2) is 0 Å². The lowest BCUT2D eigenvalue weighted by Gasteiger charge is -2.33. The lowest BCUT2D eigenvalue weighted by molar-refractivity contribution is -0.149.